The Bertz CT molecular complexity index is 599. The molecule has 1 unspecified atom stereocenters. The molecule has 3 nitrogen and oxygen atoms in total. The molecule has 20 heavy (non-hydrogen) atoms. The summed E-state index contributed by atoms with van der Waals surface area (Å²) in [5.41, 5.74) is 2.04. The number of benzene rings is 2. The zero-order chi connectivity index (χ0) is 14.5. The van der Waals surface area contributed by atoms with E-state index in [1.807, 2.05) is 36.4 Å². The molecule has 104 valence electrons. The predicted octanol–water partition coefficient (Wildman–Crippen LogP) is 4.71. The van der Waals surface area contributed by atoms with Crippen LogP contribution in [0.5, 0.6) is 0 Å². The van der Waals surface area contributed by atoms with Gasteiger partial charge in [0.25, 0.3) is 0 Å². The van der Waals surface area contributed by atoms with E-state index in [9.17, 15) is 9.90 Å². The molecule has 0 amide bonds. The maximum absolute atomic E-state index is 11.4. The van der Waals surface area contributed by atoms with Crippen molar-refractivity contribution >= 4 is 27.6 Å². The first kappa shape index (κ1) is 14.6. The second kappa shape index (κ2) is 6.57. The van der Waals surface area contributed by atoms with Gasteiger partial charge in [-0.1, -0.05) is 43.3 Å². The number of nitrogens with one attached hydrogen (secondary N) is 1. The summed E-state index contributed by atoms with van der Waals surface area (Å²) < 4.78 is 0.581. The highest BCUT2D eigenvalue weighted by Gasteiger charge is 2.17. The molecule has 0 saturated carbocycles. The third kappa shape index (κ3) is 3.20. The molecule has 0 radical (unpaired) electrons. The van der Waals surface area contributed by atoms with E-state index in [-0.39, 0.29) is 11.6 Å². The number of halogens is 1. The van der Waals surface area contributed by atoms with Crippen molar-refractivity contribution in [3.63, 3.8) is 0 Å². The lowest BCUT2D eigenvalue weighted by molar-refractivity contribution is 0.0697. The number of rotatable bonds is 5. The van der Waals surface area contributed by atoms with Crippen LogP contribution < -0.4 is 5.32 Å². The van der Waals surface area contributed by atoms with Crippen molar-refractivity contribution in [2.24, 2.45) is 0 Å². The zero-order valence-electron chi connectivity index (χ0n) is 11.1. The molecule has 0 saturated heterocycles. The van der Waals surface area contributed by atoms with E-state index in [1.165, 1.54) is 0 Å². The number of carboxylic acid groups (broad SMARTS) is 1. The molecule has 0 spiro atoms. The van der Waals surface area contributed by atoms with E-state index >= 15 is 0 Å². The zero-order valence-corrected chi connectivity index (χ0v) is 12.7. The summed E-state index contributed by atoms with van der Waals surface area (Å²) in [7, 11) is 0. The molecule has 0 bridgehead atoms. The highest BCUT2D eigenvalue weighted by molar-refractivity contribution is 9.10. The lowest BCUT2D eigenvalue weighted by Gasteiger charge is -2.20. The summed E-state index contributed by atoms with van der Waals surface area (Å²) in [6, 6.07) is 15.5. The van der Waals surface area contributed by atoms with Gasteiger partial charge in [-0.25, -0.2) is 4.79 Å². The van der Waals surface area contributed by atoms with Gasteiger partial charge in [-0.2, -0.15) is 0 Å². The molecule has 0 aliphatic rings. The Morgan fingerprint density at radius 2 is 1.90 bits per heavy atom. The first-order valence-corrected chi connectivity index (χ1v) is 7.26. The van der Waals surface area contributed by atoms with E-state index < -0.39 is 5.97 Å². The average Bonchev–Trinajstić information content (AvgIpc) is 2.45. The van der Waals surface area contributed by atoms with E-state index in [0.717, 1.165) is 12.0 Å². The fourth-order valence-electron chi connectivity index (χ4n) is 2.16. The van der Waals surface area contributed by atoms with Crippen LogP contribution in [0.4, 0.5) is 5.69 Å². The number of anilines is 1. The van der Waals surface area contributed by atoms with Crippen molar-refractivity contribution in [2.75, 3.05) is 5.32 Å². The smallest absolute Gasteiger partial charge is 0.338 e. The number of carboxylic acids is 1. The predicted molar refractivity (Wildman–Crippen MR) is 84.2 cm³/mol. The molecule has 2 rings (SSSR count). The van der Waals surface area contributed by atoms with Crippen molar-refractivity contribution in [1.29, 1.82) is 0 Å². The normalized spacial score (nSPS) is 11.9. The summed E-state index contributed by atoms with van der Waals surface area (Å²) in [5.74, 6) is -0.942. The number of hydrogen-bond donors (Lipinski definition) is 2. The molecule has 0 aliphatic heterocycles. The Kier molecular flexibility index (Phi) is 4.79. The van der Waals surface area contributed by atoms with Crippen LogP contribution in [0.15, 0.2) is 53.0 Å². The minimum Gasteiger partial charge on any atom is -0.478 e. The van der Waals surface area contributed by atoms with Crippen LogP contribution in [0.3, 0.4) is 0 Å². The van der Waals surface area contributed by atoms with Gasteiger partial charge in [-0.15, -0.1) is 0 Å². The monoisotopic (exact) mass is 333 g/mol. The Balaban J connectivity index is 2.33. The van der Waals surface area contributed by atoms with E-state index in [0.29, 0.717) is 10.2 Å². The van der Waals surface area contributed by atoms with Gasteiger partial charge >= 0.3 is 5.97 Å². The average molecular weight is 334 g/mol. The molecule has 0 heterocycles. The molecular formula is C16H16BrNO2. The Morgan fingerprint density at radius 1 is 1.20 bits per heavy atom. The highest BCUT2D eigenvalue weighted by atomic mass is 79.9. The fraction of sp³-hybridized carbons (Fsp3) is 0.188. The lowest BCUT2D eigenvalue weighted by atomic mass is 10.0. The Hall–Kier alpha value is -1.81. The van der Waals surface area contributed by atoms with Crippen LogP contribution in [0.25, 0.3) is 0 Å². The largest absolute Gasteiger partial charge is 0.478 e. The number of aromatic carboxylic acids is 1. The summed E-state index contributed by atoms with van der Waals surface area (Å²) in [5, 5.41) is 12.7. The van der Waals surface area contributed by atoms with E-state index in [4.69, 9.17) is 0 Å². The van der Waals surface area contributed by atoms with Gasteiger partial charge in [-0.3, -0.25) is 0 Å². The molecule has 2 aromatic rings. The van der Waals surface area contributed by atoms with Gasteiger partial charge in [0, 0.05) is 4.47 Å². The second-order valence-corrected chi connectivity index (χ2v) is 5.34. The maximum Gasteiger partial charge on any atom is 0.338 e. The van der Waals surface area contributed by atoms with Crippen molar-refractivity contribution < 1.29 is 9.90 Å². The minimum absolute atomic E-state index is 0.0867. The van der Waals surface area contributed by atoms with Crippen LogP contribution in [0.1, 0.15) is 35.3 Å². The van der Waals surface area contributed by atoms with Crippen molar-refractivity contribution in [3.05, 3.63) is 64.1 Å². The van der Waals surface area contributed by atoms with Gasteiger partial charge in [-0.05, 0) is 40.0 Å². The molecule has 2 N–H and O–H groups in total. The molecule has 2 aromatic carbocycles. The topological polar surface area (TPSA) is 49.3 Å². The maximum atomic E-state index is 11.4. The van der Waals surface area contributed by atoms with Gasteiger partial charge in [0.1, 0.15) is 0 Å². The van der Waals surface area contributed by atoms with Crippen molar-refractivity contribution in [1.82, 2.24) is 0 Å². The van der Waals surface area contributed by atoms with E-state index in [1.54, 1.807) is 12.1 Å². The van der Waals surface area contributed by atoms with Crippen molar-refractivity contribution in [3.8, 4) is 0 Å². The molecule has 0 fully saturated rings. The summed E-state index contributed by atoms with van der Waals surface area (Å²) in [4.78, 5) is 11.4. The first-order chi connectivity index (χ1) is 9.63. The molecule has 4 heteroatoms. The number of hydrogen-bond acceptors (Lipinski definition) is 2. The van der Waals surface area contributed by atoms with Gasteiger partial charge < -0.3 is 10.4 Å². The SMILES string of the molecule is CCC(Nc1cccc(Br)c1C(=O)O)c1ccccc1. The lowest BCUT2D eigenvalue weighted by Crippen LogP contribution is -2.13. The fourth-order valence-corrected chi connectivity index (χ4v) is 2.69. The van der Waals surface area contributed by atoms with Crippen LogP contribution in [-0.4, -0.2) is 11.1 Å². The minimum atomic E-state index is -0.942. The third-order valence-corrected chi connectivity index (χ3v) is 3.83. The summed E-state index contributed by atoms with van der Waals surface area (Å²) in [6.07, 6.45) is 0.871. The Morgan fingerprint density at radius 3 is 2.50 bits per heavy atom. The Labute approximate surface area is 126 Å². The summed E-state index contributed by atoms with van der Waals surface area (Å²) >= 11 is 3.29. The van der Waals surface area contributed by atoms with E-state index in [2.05, 4.69) is 28.2 Å². The summed E-state index contributed by atoms with van der Waals surface area (Å²) in [6.45, 7) is 2.07. The highest BCUT2D eigenvalue weighted by Crippen LogP contribution is 2.29. The standard InChI is InChI=1S/C16H16BrNO2/c1-2-13(11-7-4-3-5-8-11)18-14-10-6-9-12(17)15(14)16(19)20/h3-10,13,18H,2H2,1H3,(H,19,20). The van der Waals surface area contributed by atoms with Crippen LogP contribution >= 0.6 is 15.9 Å². The van der Waals surface area contributed by atoms with Crippen LogP contribution in [-0.2, 0) is 0 Å². The quantitative estimate of drug-likeness (QED) is 0.832. The first-order valence-electron chi connectivity index (χ1n) is 6.46. The molecule has 1 atom stereocenters. The van der Waals surface area contributed by atoms with Gasteiger partial charge in [0.2, 0.25) is 0 Å². The third-order valence-electron chi connectivity index (χ3n) is 3.17. The second-order valence-electron chi connectivity index (χ2n) is 4.48. The van der Waals surface area contributed by atoms with Crippen LogP contribution in [0, 0.1) is 0 Å². The van der Waals surface area contributed by atoms with Gasteiger partial charge in [0.05, 0.1) is 17.3 Å². The van der Waals surface area contributed by atoms with Crippen LogP contribution in [0.2, 0.25) is 0 Å². The molecule has 0 aliphatic carbocycles. The molecular weight excluding hydrogens is 318 g/mol. The molecule has 0 aromatic heterocycles. The van der Waals surface area contributed by atoms with Gasteiger partial charge in [0.15, 0.2) is 0 Å². The van der Waals surface area contributed by atoms with Crippen molar-refractivity contribution in [2.45, 2.75) is 19.4 Å². The number of carbonyl (C=O) groups is 1.